The van der Waals surface area contributed by atoms with E-state index in [0.29, 0.717) is 23.7 Å². The van der Waals surface area contributed by atoms with E-state index in [1.165, 1.54) is 21.1 Å². The Bertz CT molecular complexity index is 1180. The van der Waals surface area contributed by atoms with Gasteiger partial charge in [0.1, 0.15) is 4.88 Å². The molecule has 160 valence electrons. The Morgan fingerprint density at radius 1 is 0.968 bits per heavy atom. The SMILES string of the molecule is Cc1nc(-c2ccccc2)c(C(=O)N2CCN(S(=O)(=O)/C=C/c3ccccc3)CC2)s1. The average molecular weight is 454 g/mol. The molecule has 0 saturated carbocycles. The van der Waals surface area contributed by atoms with Gasteiger partial charge in [-0.05, 0) is 18.6 Å². The van der Waals surface area contributed by atoms with E-state index in [9.17, 15) is 13.2 Å². The Morgan fingerprint density at radius 3 is 2.23 bits per heavy atom. The molecule has 0 N–H and O–H groups in total. The molecule has 8 heteroatoms. The fourth-order valence-corrected chi connectivity index (χ4v) is 5.55. The number of piperazine rings is 1. The van der Waals surface area contributed by atoms with Gasteiger partial charge in [-0.3, -0.25) is 4.79 Å². The van der Waals surface area contributed by atoms with Crippen LogP contribution in [0.25, 0.3) is 17.3 Å². The first-order valence-corrected chi connectivity index (χ1v) is 12.3. The summed E-state index contributed by atoms with van der Waals surface area (Å²) >= 11 is 1.38. The zero-order chi connectivity index (χ0) is 21.8. The fourth-order valence-electron chi connectivity index (χ4n) is 3.47. The molecule has 2 aromatic carbocycles. The van der Waals surface area contributed by atoms with Crippen LogP contribution in [0.15, 0.2) is 66.1 Å². The minimum atomic E-state index is -3.54. The van der Waals surface area contributed by atoms with Crippen molar-refractivity contribution in [3.05, 3.63) is 81.5 Å². The van der Waals surface area contributed by atoms with Gasteiger partial charge in [0.05, 0.1) is 10.7 Å². The number of amides is 1. The van der Waals surface area contributed by atoms with E-state index in [1.54, 1.807) is 11.0 Å². The van der Waals surface area contributed by atoms with Crippen molar-refractivity contribution in [2.45, 2.75) is 6.92 Å². The Kier molecular flexibility index (Phi) is 6.31. The van der Waals surface area contributed by atoms with Crippen LogP contribution in [0.3, 0.4) is 0 Å². The van der Waals surface area contributed by atoms with Gasteiger partial charge < -0.3 is 4.90 Å². The first-order valence-electron chi connectivity index (χ1n) is 9.99. The van der Waals surface area contributed by atoms with Crippen molar-refractivity contribution >= 4 is 33.3 Å². The summed E-state index contributed by atoms with van der Waals surface area (Å²) in [5, 5.41) is 2.06. The highest BCUT2D eigenvalue weighted by atomic mass is 32.2. The topological polar surface area (TPSA) is 70.6 Å². The fraction of sp³-hybridized carbons (Fsp3) is 0.217. The Balaban J connectivity index is 1.45. The van der Waals surface area contributed by atoms with Crippen molar-refractivity contribution in [2.24, 2.45) is 0 Å². The second kappa shape index (κ2) is 9.13. The van der Waals surface area contributed by atoms with Crippen LogP contribution in [-0.4, -0.2) is 54.7 Å². The summed E-state index contributed by atoms with van der Waals surface area (Å²) in [4.78, 5) is 20.1. The maximum Gasteiger partial charge on any atom is 0.266 e. The molecule has 1 saturated heterocycles. The number of hydrogen-bond donors (Lipinski definition) is 0. The molecule has 1 aromatic heterocycles. The van der Waals surface area contributed by atoms with E-state index in [4.69, 9.17) is 0 Å². The van der Waals surface area contributed by atoms with Gasteiger partial charge in [-0.2, -0.15) is 4.31 Å². The second-order valence-electron chi connectivity index (χ2n) is 7.23. The van der Waals surface area contributed by atoms with E-state index < -0.39 is 10.0 Å². The van der Waals surface area contributed by atoms with E-state index in [0.717, 1.165) is 16.1 Å². The number of carbonyl (C=O) groups is 1. The molecule has 4 rings (SSSR count). The largest absolute Gasteiger partial charge is 0.335 e. The van der Waals surface area contributed by atoms with Crippen molar-refractivity contribution in [1.82, 2.24) is 14.2 Å². The van der Waals surface area contributed by atoms with Gasteiger partial charge >= 0.3 is 0 Å². The highest BCUT2D eigenvalue weighted by Crippen LogP contribution is 2.29. The Hall–Kier alpha value is -2.81. The predicted molar refractivity (Wildman–Crippen MR) is 124 cm³/mol. The lowest BCUT2D eigenvalue weighted by Crippen LogP contribution is -2.50. The van der Waals surface area contributed by atoms with E-state index in [1.807, 2.05) is 67.6 Å². The highest BCUT2D eigenvalue weighted by molar-refractivity contribution is 7.92. The molecular formula is C23H23N3O3S2. The first-order chi connectivity index (χ1) is 14.9. The standard InChI is InChI=1S/C23H23N3O3S2/c1-18-24-21(20-10-6-3-7-11-20)22(30-18)23(27)25-13-15-26(16-14-25)31(28,29)17-12-19-8-4-2-5-9-19/h2-12,17H,13-16H2,1H3/b17-12+. The van der Waals surface area contributed by atoms with Crippen LogP contribution in [-0.2, 0) is 10.0 Å². The van der Waals surface area contributed by atoms with Crippen molar-refractivity contribution in [2.75, 3.05) is 26.2 Å². The summed E-state index contributed by atoms with van der Waals surface area (Å²) in [7, 11) is -3.54. The summed E-state index contributed by atoms with van der Waals surface area (Å²) in [6.07, 6.45) is 1.60. The summed E-state index contributed by atoms with van der Waals surface area (Å²) in [6, 6.07) is 19.0. The molecule has 0 radical (unpaired) electrons. The van der Waals surface area contributed by atoms with Crippen LogP contribution in [0, 0.1) is 6.92 Å². The number of sulfonamides is 1. The van der Waals surface area contributed by atoms with Crippen molar-refractivity contribution in [1.29, 1.82) is 0 Å². The lowest BCUT2D eigenvalue weighted by molar-refractivity contribution is 0.0704. The second-order valence-corrected chi connectivity index (χ2v) is 10.2. The van der Waals surface area contributed by atoms with Crippen LogP contribution < -0.4 is 0 Å². The molecule has 1 amide bonds. The number of thiazole rings is 1. The molecule has 0 bridgehead atoms. The van der Waals surface area contributed by atoms with Gasteiger partial charge in [-0.1, -0.05) is 60.7 Å². The molecule has 1 fully saturated rings. The minimum absolute atomic E-state index is 0.0960. The van der Waals surface area contributed by atoms with E-state index in [-0.39, 0.29) is 19.0 Å². The molecule has 6 nitrogen and oxygen atoms in total. The van der Waals surface area contributed by atoms with Crippen molar-refractivity contribution < 1.29 is 13.2 Å². The minimum Gasteiger partial charge on any atom is -0.335 e. The van der Waals surface area contributed by atoms with Gasteiger partial charge in [0.25, 0.3) is 5.91 Å². The van der Waals surface area contributed by atoms with Crippen LogP contribution in [0.2, 0.25) is 0 Å². The third-order valence-electron chi connectivity index (χ3n) is 5.09. The summed E-state index contributed by atoms with van der Waals surface area (Å²) in [5.74, 6) is -0.0960. The molecular weight excluding hydrogens is 430 g/mol. The summed E-state index contributed by atoms with van der Waals surface area (Å²) in [6.45, 7) is 3.12. The molecule has 1 aliphatic rings. The molecule has 0 atom stereocenters. The van der Waals surface area contributed by atoms with E-state index >= 15 is 0 Å². The third-order valence-corrected chi connectivity index (χ3v) is 7.62. The van der Waals surface area contributed by atoms with Crippen LogP contribution in [0.4, 0.5) is 0 Å². The average Bonchev–Trinajstić information content (AvgIpc) is 3.20. The zero-order valence-corrected chi connectivity index (χ0v) is 18.8. The number of rotatable bonds is 5. The normalized spacial score (nSPS) is 15.5. The number of aryl methyl sites for hydroxylation is 1. The smallest absolute Gasteiger partial charge is 0.266 e. The first kappa shape index (κ1) is 21.4. The highest BCUT2D eigenvalue weighted by Gasteiger charge is 2.30. The van der Waals surface area contributed by atoms with Crippen LogP contribution in [0.1, 0.15) is 20.2 Å². The maximum atomic E-state index is 13.2. The monoisotopic (exact) mass is 453 g/mol. The van der Waals surface area contributed by atoms with Crippen LogP contribution in [0.5, 0.6) is 0 Å². The maximum absolute atomic E-state index is 13.2. The van der Waals surface area contributed by atoms with Gasteiger partial charge in [-0.15, -0.1) is 11.3 Å². The number of aromatic nitrogens is 1. The van der Waals surface area contributed by atoms with Gasteiger partial charge in [0.15, 0.2) is 0 Å². The van der Waals surface area contributed by atoms with Gasteiger partial charge in [0, 0.05) is 37.2 Å². The molecule has 0 aliphatic carbocycles. The van der Waals surface area contributed by atoms with Crippen molar-refractivity contribution in [3.8, 4) is 11.3 Å². The molecule has 31 heavy (non-hydrogen) atoms. The quantitative estimate of drug-likeness (QED) is 0.588. The van der Waals surface area contributed by atoms with E-state index in [2.05, 4.69) is 4.98 Å². The number of hydrogen-bond acceptors (Lipinski definition) is 5. The van der Waals surface area contributed by atoms with Crippen LogP contribution >= 0.6 is 11.3 Å². The van der Waals surface area contributed by atoms with Crippen molar-refractivity contribution in [3.63, 3.8) is 0 Å². The molecule has 0 spiro atoms. The summed E-state index contributed by atoms with van der Waals surface area (Å²) < 4.78 is 26.8. The third kappa shape index (κ3) is 4.92. The summed E-state index contributed by atoms with van der Waals surface area (Å²) in [5.41, 5.74) is 2.42. The number of benzene rings is 2. The lowest BCUT2D eigenvalue weighted by Gasteiger charge is -2.33. The molecule has 1 aliphatic heterocycles. The Labute approximate surface area is 186 Å². The molecule has 2 heterocycles. The predicted octanol–water partition coefficient (Wildman–Crippen LogP) is 3.88. The lowest BCUT2D eigenvalue weighted by atomic mass is 10.1. The van der Waals surface area contributed by atoms with Gasteiger partial charge in [-0.25, -0.2) is 13.4 Å². The number of nitrogens with zero attached hydrogens (tertiary/aromatic N) is 3. The zero-order valence-electron chi connectivity index (χ0n) is 17.1. The Morgan fingerprint density at radius 2 is 1.58 bits per heavy atom. The van der Waals surface area contributed by atoms with Gasteiger partial charge in [0.2, 0.25) is 10.0 Å². The number of carbonyl (C=O) groups excluding carboxylic acids is 1. The molecule has 0 unspecified atom stereocenters. The molecule has 3 aromatic rings.